The lowest BCUT2D eigenvalue weighted by Crippen LogP contribution is -2.49. The van der Waals surface area contributed by atoms with Gasteiger partial charge in [-0.3, -0.25) is 9.79 Å². The van der Waals surface area contributed by atoms with Gasteiger partial charge in [0.05, 0.1) is 0 Å². The van der Waals surface area contributed by atoms with Crippen LogP contribution in [0.25, 0.3) is 0 Å². The highest BCUT2D eigenvalue weighted by Crippen LogP contribution is 2.15. The van der Waals surface area contributed by atoms with Crippen molar-refractivity contribution in [1.82, 2.24) is 15.5 Å². The van der Waals surface area contributed by atoms with E-state index in [1.165, 1.54) is 11.3 Å². The van der Waals surface area contributed by atoms with Gasteiger partial charge in [0.15, 0.2) is 5.96 Å². The third kappa shape index (κ3) is 7.23. The Morgan fingerprint density at radius 2 is 1.55 bits per heavy atom. The molecule has 1 aliphatic heterocycles. The molecule has 0 saturated carbocycles. The summed E-state index contributed by atoms with van der Waals surface area (Å²) in [6.07, 6.45) is 0.470. The predicted octanol–water partition coefficient (Wildman–Crippen LogP) is 2.71. The molecule has 0 aliphatic carbocycles. The van der Waals surface area contributed by atoms with Crippen LogP contribution in [0.4, 0.5) is 5.69 Å². The number of amides is 1. The van der Waals surface area contributed by atoms with Crippen LogP contribution in [0.3, 0.4) is 0 Å². The zero-order valence-corrected chi connectivity index (χ0v) is 19.2. The molecule has 0 unspecified atom stereocenters. The van der Waals surface area contributed by atoms with Crippen molar-refractivity contribution in [3.8, 4) is 0 Å². The van der Waals surface area contributed by atoms with Gasteiger partial charge in [0, 0.05) is 58.4 Å². The Morgan fingerprint density at radius 1 is 0.931 bits per heavy atom. The highest BCUT2D eigenvalue weighted by molar-refractivity contribution is 14.0. The Kier molecular flexibility index (Phi) is 9.76. The molecule has 2 aromatic carbocycles. The Balaban J connectivity index is 0.00000300. The third-order valence-corrected chi connectivity index (χ3v) is 4.91. The summed E-state index contributed by atoms with van der Waals surface area (Å²) in [6, 6.07) is 20.5. The van der Waals surface area contributed by atoms with E-state index in [1.54, 1.807) is 7.05 Å². The topological polar surface area (TPSA) is 60.0 Å². The van der Waals surface area contributed by atoms with Gasteiger partial charge in [0.2, 0.25) is 5.91 Å². The van der Waals surface area contributed by atoms with Gasteiger partial charge in [-0.15, -0.1) is 24.0 Å². The van der Waals surface area contributed by atoms with Gasteiger partial charge in [0.25, 0.3) is 0 Å². The van der Waals surface area contributed by atoms with E-state index in [0.29, 0.717) is 25.5 Å². The molecule has 0 spiro atoms. The van der Waals surface area contributed by atoms with Gasteiger partial charge >= 0.3 is 0 Å². The second-order valence-electron chi connectivity index (χ2n) is 6.79. The van der Waals surface area contributed by atoms with E-state index in [0.717, 1.165) is 26.2 Å². The van der Waals surface area contributed by atoms with E-state index < -0.39 is 0 Å². The second kappa shape index (κ2) is 12.3. The quantitative estimate of drug-likeness (QED) is 0.359. The first kappa shape index (κ1) is 23.0. The molecule has 156 valence electrons. The fourth-order valence-electron chi connectivity index (χ4n) is 3.30. The Hall–Kier alpha value is -2.29. The number of aliphatic imine (C=N–C) groups is 1. The van der Waals surface area contributed by atoms with Crippen LogP contribution in [-0.2, 0) is 11.3 Å². The maximum absolute atomic E-state index is 12.5. The number of para-hydroxylation sites is 1. The van der Waals surface area contributed by atoms with E-state index >= 15 is 0 Å². The fraction of sp³-hybridized carbons (Fsp3) is 0.364. The lowest BCUT2D eigenvalue weighted by Gasteiger charge is -2.36. The van der Waals surface area contributed by atoms with E-state index in [1.807, 2.05) is 29.2 Å². The maximum Gasteiger partial charge on any atom is 0.224 e. The fourth-order valence-corrected chi connectivity index (χ4v) is 3.30. The highest BCUT2D eigenvalue weighted by atomic mass is 127. The predicted molar refractivity (Wildman–Crippen MR) is 130 cm³/mol. The first-order chi connectivity index (χ1) is 13.8. The molecule has 7 heteroatoms. The second-order valence-corrected chi connectivity index (χ2v) is 6.79. The van der Waals surface area contributed by atoms with Gasteiger partial charge in [0.1, 0.15) is 0 Å². The summed E-state index contributed by atoms with van der Waals surface area (Å²) in [5.41, 5.74) is 2.42. The van der Waals surface area contributed by atoms with Crippen LogP contribution in [0.5, 0.6) is 0 Å². The average molecular weight is 507 g/mol. The number of rotatable bonds is 6. The summed E-state index contributed by atoms with van der Waals surface area (Å²) in [5, 5.41) is 6.50. The Morgan fingerprint density at radius 3 is 2.17 bits per heavy atom. The summed E-state index contributed by atoms with van der Waals surface area (Å²) in [5.74, 6) is 0.907. The van der Waals surface area contributed by atoms with Crippen LogP contribution < -0.4 is 15.5 Å². The lowest BCUT2D eigenvalue weighted by atomic mass is 10.2. The van der Waals surface area contributed by atoms with Crippen molar-refractivity contribution in [1.29, 1.82) is 0 Å². The van der Waals surface area contributed by atoms with Gasteiger partial charge < -0.3 is 20.4 Å². The highest BCUT2D eigenvalue weighted by Gasteiger charge is 2.20. The van der Waals surface area contributed by atoms with Crippen molar-refractivity contribution in [2.24, 2.45) is 4.99 Å². The Labute approximate surface area is 190 Å². The van der Waals surface area contributed by atoms with E-state index in [2.05, 4.69) is 56.9 Å². The normalized spacial score (nSPS) is 14.2. The number of hydrogen-bond acceptors (Lipinski definition) is 3. The molecule has 1 amide bonds. The number of benzene rings is 2. The molecule has 0 bridgehead atoms. The van der Waals surface area contributed by atoms with Crippen molar-refractivity contribution < 1.29 is 4.79 Å². The smallest absolute Gasteiger partial charge is 0.224 e. The van der Waals surface area contributed by atoms with Gasteiger partial charge in [-0.25, -0.2) is 0 Å². The van der Waals surface area contributed by atoms with Crippen LogP contribution in [0.15, 0.2) is 65.7 Å². The minimum atomic E-state index is 0. The lowest BCUT2D eigenvalue weighted by molar-refractivity contribution is -0.131. The molecule has 1 heterocycles. The van der Waals surface area contributed by atoms with Crippen molar-refractivity contribution in [3.05, 3.63) is 66.2 Å². The van der Waals surface area contributed by atoms with E-state index in [4.69, 9.17) is 0 Å². The zero-order valence-electron chi connectivity index (χ0n) is 16.9. The minimum Gasteiger partial charge on any atom is -0.368 e. The number of piperazine rings is 1. The molecule has 1 aliphatic rings. The number of guanidine groups is 1. The molecule has 0 aromatic heterocycles. The molecule has 2 N–H and O–H groups in total. The number of carbonyl (C=O) groups excluding carboxylic acids is 1. The molecule has 0 atom stereocenters. The minimum absolute atomic E-state index is 0. The summed E-state index contributed by atoms with van der Waals surface area (Å²) in [4.78, 5) is 21.0. The number of halogens is 1. The molecule has 0 radical (unpaired) electrons. The monoisotopic (exact) mass is 507 g/mol. The first-order valence-electron chi connectivity index (χ1n) is 9.82. The molecule has 1 fully saturated rings. The third-order valence-electron chi connectivity index (χ3n) is 4.91. The molecule has 2 aromatic rings. The Bertz CT molecular complexity index is 761. The maximum atomic E-state index is 12.5. The van der Waals surface area contributed by atoms with Crippen molar-refractivity contribution >= 4 is 41.5 Å². The molecule has 29 heavy (non-hydrogen) atoms. The number of carbonyl (C=O) groups is 1. The summed E-state index contributed by atoms with van der Waals surface area (Å²) < 4.78 is 0. The van der Waals surface area contributed by atoms with Crippen molar-refractivity contribution in [3.63, 3.8) is 0 Å². The van der Waals surface area contributed by atoms with Crippen molar-refractivity contribution in [2.45, 2.75) is 13.0 Å². The van der Waals surface area contributed by atoms with Gasteiger partial charge in [-0.05, 0) is 17.7 Å². The largest absolute Gasteiger partial charge is 0.368 e. The summed E-state index contributed by atoms with van der Waals surface area (Å²) in [6.45, 7) is 4.58. The molecule has 1 saturated heterocycles. The molecule has 3 rings (SSSR count). The number of hydrogen-bond donors (Lipinski definition) is 2. The van der Waals surface area contributed by atoms with Crippen LogP contribution in [-0.4, -0.2) is 56.5 Å². The summed E-state index contributed by atoms with van der Waals surface area (Å²) in [7, 11) is 1.74. The SMILES string of the molecule is CN=C(NCCC(=O)N1CCN(c2ccccc2)CC1)NCc1ccccc1.I. The number of nitrogens with one attached hydrogen (secondary N) is 2. The number of anilines is 1. The van der Waals surface area contributed by atoms with Crippen LogP contribution in [0.2, 0.25) is 0 Å². The zero-order chi connectivity index (χ0) is 19.6. The first-order valence-corrected chi connectivity index (χ1v) is 9.82. The van der Waals surface area contributed by atoms with Gasteiger partial charge in [-0.1, -0.05) is 48.5 Å². The average Bonchev–Trinajstić information content (AvgIpc) is 2.77. The van der Waals surface area contributed by atoms with Crippen LogP contribution in [0, 0.1) is 0 Å². The van der Waals surface area contributed by atoms with Crippen LogP contribution >= 0.6 is 24.0 Å². The van der Waals surface area contributed by atoms with Crippen molar-refractivity contribution in [2.75, 3.05) is 44.7 Å². The number of nitrogens with zero attached hydrogens (tertiary/aromatic N) is 3. The summed E-state index contributed by atoms with van der Waals surface area (Å²) >= 11 is 0. The molecular weight excluding hydrogens is 477 g/mol. The standard InChI is InChI=1S/C22H29N5O.HI/c1-23-22(25-18-19-8-4-2-5-9-19)24-13-12-21(28)27-16-14-26(15-17-27)20-10-6-3-7-11-20;/h2-11H,12-18H2,1H3,(H2,23,24,25);1H. The van der Waals surface area contributed by atoms with E-state index in [9.17, 15) is 4.79 Å². The molecular formula is C22H30IN5O. The molecule has 6 nitrogen and oxygen atoms in total. The van der Waals surface area contributed by atoms with Crippen LogP contribution in [0.1, 0.15) is 12.0 Å². The van der Waals surface area contributed by atoms with E-state index in [-0.39, 0.29) is 29.9 Å². The van der Waals surface area contributed by atoms with Gasteiger partial charge in [-0.2, -0.15) is 0 Å².